The topological polar surface area (TPSA) is 65.5 Å². The maximum absolute atomic E-state index is 13.2. The lowest BCUT2D eigenvalue weighted by Gasteiger charge is -2.24. The van der Waals surface area contributed by atoms with Crippen molar-refractivity contribution in [2.24, 2.45) is 10.9 Å². The van der Waals surface area contributed by atoms with Crippen LogP contribution in [0.1, 0.15) is 30.4 Å². The second-order valence-electron chi connectivity index (χ2n) is 7.05. The van der Waals surface area contributed by atoms with Gasteiger partial charge in [-0.25, -0.2) is 4.39 Å². The van der Waals surface area contributed by atoms with Gasteiger partial charge in [-0.2, -0.15) is 0 Å². The summed E-state index contributed by atoms with van der Waals surface area (Å²) in [6.45, 7) is 1.24. The number of anilines is 1. The molecule has 0 aliphatic heterocycles. The van der Waals surface area contributed by atoms with Gasteiger partial charge in [0.05, 0.1) is 0 Å². The highest BCUT2D eigenvalue weighted by Crippen LogP contribution is 2.27. The molecule has 0 atom stereocenters. The van der Waals surface area contributed by atoms with E-state index in [0.29, 0.717) is 25.5 Å². The highest BCUT2D eigenvalue weighted by atomic mass is 127. The van der Waals surface area contributed by atoms with Gasteiger partial charge < -0.3 is 16.0 Å². The lowest BCUT2D eigenvalue weighted by atomic mass is 9.85. The third-order valence-corrected chi connectivity index (χ3v) is 4.95. The Morgan fingerprint density at radius 3 is 2.55 bits per heavy atom. The van der Waals surface area contributed by atoms with E-state index in [1.807, 2.05) is 30.3 Å². The van der Waals surface area contributed by atoms with Crippen molar-refractivity contribution in [1.82, 2.24) is 10.6 Å². The number of hydrogen-bond donors (Lipinski definition) is 3. The molecule has 0 aromatic heterocycles. The summed E-state index contributed by atoms with van der Waals surface area (Å²) in [5, 5.41) is 9.49. The van der Waals surface area contributed by atoms with Gasteiger partial charge >= 0.3 is 0 Å². The van der Waals surface area contributed by atoms with Gasteiger partial charge in [0.15, 0.2) is 5.96 Å². The van der Waals surface area contributed by atoms with Crippen molar-refractivity contribution >= 4 is 41.5 Å². The summed E-state index contributed by atoms with van der Waals surface area (Å²) < 4.78 is 13.2. The molecule has 1 aliphatic rings. The Hall–Kier alpha value is -2.16. The molecule has 2 aromatic carbocycles. The molecule has 5 nitrogen and oxygen atoms in total. The molecule has 1 fully saturated rings. The maximum atomic E-state index is 13.2. The molecule has 0 saturated heterocycles. The molecular weight excluding hydrogens is 482 g/mol. The first-order valence-electron chi connectivity index (χ1n) is 9.73. The number of nitrogens with zero attached hydrogens (tertiary/aromatic N) is 1. The Bertz CT molecular complexity index is 839. The second kappa shape index (κ2) is 11.7. The number of rotatable bonds is 7. The fourth-order valence-electron chi connectivity index (χ4n) is 3.10. The number of guanidine groups is 1. The fourth-order valence-corrected chi connectivity index (χ4v) is 3.10. The van der Waals surface area contributed by atoms with Gasteiger partial charge in [0.2, 0.25) is 5.91 Å². The predicted molar refractivity (Wildman–Crippen MR) is 126 cm³/mol. The van der Waals surface area contributed by atoms with Crippen LogP contribution in [0.3, 0.4) is 0 Å². The minimum atomic E-state index is -0.218. The zero-order chi connectivity index (χ0) is 19.8. The SMILES string of the molecule is CN=C(NCCc1cccc(F)c1)NCc1cccc(NC(=O)C2CCC2)c1.I. The monoisotopic (exact) mass is 510 g/mol. The third-order valence-electron chi connectivity index (χ3n) is 4.95. The number of carbonyl (C=O) groups is 1. The van der Waals surface area contributed by atoms with Gasteiger partial charge in [-0.1, -0.05) is 30.7 Å². The molecule has 2 aromatic rings. The maximum Gasteiger partial charge on any atom is 0.227 e. The van der Waals surface area contributed by atoms with E-state index < -0.39 is 0 Å². The first-order chi connectivity index (χ1) is 13.6. The van der Waals surface area contributed by atoms with Gasteiger partial charge in [0.1, 0.15) is 5.82 Å². The van der Waals surface area contributed by atoms with Crippen LogP contribution >= 0.6 is 24.0 Å². The number of halogens is 2. The molecule has 29 heavy (non-hydrogen) atoms. The summed E-state index contributed by atoms with van der Waals surface area (Å²) in [7, 11) is 1.72. The van der Waals surface area contributed by atoms with Crippen LogP contribution in [-0.4, -0.2) is 25.5 Å². The molecule has 1 amide bonds. The van der Waals surface area contributed by atoms with Crippen molar-refractivity contribution in [2.45, 2.75) is 32.2 Å². The first-order valence-corrected chi connectivity index (χ1v) is 9.73. The standard InChI is InChI=1S/C22H27FN4O.HI/c1-24-22(25-12-11-16-5-2-9-19(23)13-16)26-15-17-6-3-10-20(14-17)27-21(28)18-7-4-8-18;/h2-3,5-6,9-10,13-14,18H,4,7-8,11-12,15H2,1H3,(H,27,28)(H2,24,25,26);1H. The van der Waals surface area contributed by atoms with Crippen molar-refractivity contribution in [3.05, 3.63) is 65.5 Å². The van der Waals surface area contributed by atoms with Crippen molar-refractivity contribution in [3.63, 3.8) is 0 Å². The van der Waals surface area contributed by atoms with E-state index in [9.17, 15) is 9.18 Å². The highest BCUT2D eigenvalue weighted by Gasteiger charge is 2.25. The molecule has 156 valence electrons. The van der Waals surface area contributed by atoms with Crippen molar-refractivity contribution in [3.8, 4) is 0 Å². The van der Waals surface area contributed by atoms with E-state index in [1.165, 1.54) is 6.07 Å². The molecule has 1 aliphatic carbocycles. The van der Waals surface area contributed by atoms with E-state index in [4.69, 9.17) is 0 Å². The Kier molecular flexibility index (Phi) is 9.37. The number of hydrogen-bond acceptors (Lipinski definition) is 2. The average molecular weight is 510 g/mol. The number of benzene rings is 2. The molecule has 3 N–H and O–H groups in total. The lowest BCUT2D eigenvalue weighted by Crippen LogP contribution is -2.37. The van der Waals surface area contributed by atoms with Crippen LogP contribution in [-0.2, 0) is 17.8 Å². The predicted octanol–water partition coefficient (Wildman–Crippen LogP) is 4.09. The van der Waals surface area contributed by atoms with E-state index in [2.05, 4.69) is 20.9 Å². The molecule has 0 spiro atoms. The minimum Gasteiger partial charge on any atom is -0.356 e. The molecule has 0 unspecified atom stereocenters. The normalized spacial score (nSPS) is 13.8. The van der Waals surface area contributed by atoms with E-state index in [0.717, 1.165) is 36.1 Å². The van der Waals surface area contributed by atoms with E-state index in [1.54, 1.807) is 19.2 Å². The molecule has 0 radical (unpaired) electrons. The minimum absolute atomic E-state index is 0. The molecular formula is C22H28FIN4O. The smallest absolute Gasteiger partial charge is 0.227 e. The van der Waals surface area contributed by atoms with Crippen molar-refractivity contribution in [1.29, 1.82) is 0 Å². The summed E-state index contributed by atoms with van der Waals surface area (Å²) in [5.41, 5.74) is 2.82. The largest absolute Gasteiger partial charge is 0.356 e. The number of nitrogens with one attached hydrogen (secondary N) is 3. The van der Waals surface area contributed by atoms with Crippen LogP contribution in [0.4, 0.5) is 10.1 Å². The van der Waals surface area contributed by atoms with Crippen LogP contribution in [0, 0.1) is 11.7 Å². The molecule has 0 bridgehead atoms. The van der Waals surface area contributed by atoms with E-state index in [-0.39, 0.29) is 41.6 Å². The van der Waals surface area contributed by atoms with Crippen molar-refractivity contribution < 1.29 is 9.18 Å². The first kappa shape index (κ1) is 23.1. The van der Waals surface area contributed by atoms with E-state index >= 15 is 0 Å². The van der Waals surface area contributed by atoms with Gasteiger partial charge in [0.25, 0.3) is 0 Å². The number of aliphatic imine (C=N–C) groups is 1. The zero-order valence-corrected chi connectivity index (χ0v) is 18.9. The summed E-state index contributed by atoms with van der Waals surface area (Å²) >= 11 is 0. The Labute approximate surface area is 188 Å². The summed E-state index contributed by atoms with van der Waals surface area (Å²) in [6, 6.07) is 14.4. The quantitative estimate of drug-likeness (QED) is 0.299. The Balaban J connectivity index is 0.00000300. The van der Waals surface area contributed by atoms with Crippen LogP contribution in [0.25, 0.3) is 0 Å². The molecule has 1 saturated carbocycles. The van der Waals surface area contributed by atoms with Crippen LogP contribution in [0.15, 0.2) is 53.5 Å². The van der Waals surface area contributed by atoms with Gasteiger partial charge in [0, 0.05) is 31.7 Å². The Morgan fingerprint density at radius 2 is 1.86 bits per heavy atom. The third kappa shape index (κ3) is 7.30. The zero-order valence-electron chi connectivity index (χ0n) is 16.6. The molecule has 0 heterocycles. The number of carbonyl (C=O) groups excluding carboxylic acids is 1. The Morgan fingerprint density at radius 1 is 1.10 bits per heavy atom. The molecule has 7 heteroatoms. The van der Waals surface area contributed by atoms with Gasteiger partial charge in [-0.15, -0.1) is 24.0 Å². The summed E-state index contributed by atoms with van der Waals surface area (Å²) in [5.74, 6) is 0.749. The number of amides is 1. The van der Waals surface area contributed by atoms with Gasteiger partial charge in [-0.05, 0) is 54.7 Å². The van der Waals surface area contributed by atoms with Crippen LogP contribution in [0.5, 0.6) is 0 Å². The van der Waals surface area contributed by atoms with Crippen LogP contribution < -0.4 is 16.0 Å². The second-order valence-corrected chi connectivity index (χ2v) is 7.05. The van der Waals surface area contributed by atoms with Gasteiger partial charge in [-0.3, -0.25) is 9.79 Å². The fraction of sp³-hybridized carbons (Fsp3) is 0.364. The lowest BCUT2D eigenvalue weighted by molar-refractivity contribution is -0.122. The van der Waals surface area contributed by atoms with Crippen LogP contribution in [0.2, 0.25) is 0 Å². The van der Waals surface area contributed by atoms with Crippen molar-refractivity contribution in [2.75, 3.05) is 18.9 Å². The summed E-state index contributed by atoms with van der Waals surface area (Å²) in [6.07, 6.45) is 3.84. The average Bonchev–Trinajstić information content (AvgIpc) is 2.63. The molecule has 3 rings (SSSR count). The summed E-state index contributed by atoms with van der Waals surface area (Å²) in [4.78, 5) is 16.3. The highest BCUT2D eigenvalue weighted by molar-refractivity contribution is 14.0.